The molecule has 0 aliphatic carbocycles. The third-order valence-corrected chi connectivity index (χ3v) is 14.1. The number of aromatic nitrogens is 4. The fourth-order valence-corrected chi connectivity index (χ4v) is 11.6. The van der Waals surface area contributed by atoms with Crippen molar-refractivity contribution in [1.82, 2.24) is 20.0 Å². The number of non-ortho nitro benzene ring substituents is 1. The molecule has 4 aromatic carbocycles. The summed E-state index contributed by atoms with van der Waals surface area (Å²) in [4.78, 5) is 44.5. The number of benzene rings is 4. The molecule has 3 N–H and O–H groups in total. The summed E-state index contributed by atoms with van der Waals surface area (Å²) in [7, 11) is -3.54. The number of aromatic amines is 1. The predicted octanol–water partition coefficient (Wildman–Crippen LogP) is 7.39. The average Bonchev–Trinajstić information content (AvgIpc) is 3.96. The highest BCUT2D eigenvalue weighted by Gasteiger charge is 2.67. The summed E-state index contributed by atoms with van der Waals surface area (Å²) >= 11 is 0. The van der Waals surface area contributed by atoms with Crippen LogP contribution in [0, 0.1) is 16.0 Å². The molecule has 0 saturated carbocycles. The molecule has 6 aromatic rings. The number of halogens is 1. The van der Waals surface area contributed by atoms with Crippen molar-refractivity contribution in [3.63, 3.8) is 0 Å². The number of nitro groups is 1. The lowest BCUT2D eigenvalue weighted by atomic mass is 9.82. The fourth-order valence-electron chi connectivity index (χ4n) is 9.06. The summed E-state index contributed by atoms with van der Waals surface area (Å²) in [5.74, 6) is -1.67. The molecule has 298 valence electrons. The van der Waals surface area contributed by atoms with Crippen LogP contribution in [0.2, 0.25) is 18.6 Å². The molecule has 0 bridgehead atoms. The molecule has 2 aromatic heterocycles. The standard InChI is InChI=1S/C43H44FN7O6Si/c1-27-41(58(2,3)44)39(18-19-49-25-37(47-48-49)34(26-52)29-11-5-4-6-12-29)57-43(27)35-22-32(51(55)56)16-17-38(35)50(42(43)54)24-28-10-9-13-31(20-28)46-40(53)21-30-23-45-36-15-8-7-14-33(30)36/h4-17,20,22-23,25,27,34,39,41,45,52H,18-19,21,24,26H2,1-3H3,(H,46,53)/t27-,34?,39+,41-,43+/m0/s1. The van der Waals surface area contributed by atoms with E-state index >= 15 is 4.11 Å². The first-order chi connectivity index (χ1) is 27.9. The Labute approximate surface area is 335 Å². The third kappa shape index (κ3) is 7.09. The molecule has 4 heterocycles. The molecule has 2 amide bonds. The number of nitrogens with one attached hydrogen (secondary N) is 2. The van der Waals surface area contributed by atoms with Crippen molar-refractivity contribution in [1.29, 1.82) is 0 Å². The van der Waals surface area contributed by atoms with Gasteiger partial charge in [-0.15, -0.1) is 5.10 Å². The molecule has 2 aliphatic heterocycles. The largest absolute Gasteiger partial charge is 0.395 e. The van der Waals surface area contributed by atoms with Crippen LogP contribution in [-0.4, -0.2) is 62.9 Å². The number of ether oxygens (including phenoxy) is 1. The van der Waals surface area contributed by atoms with Gasteiger partial charge in [0.2, 0.25) is 14.3 Å². The number of para-hydroxylation sites is 1. The molecule has 1 fully saturated rings. The van der Waals surface area contributed by atoms with Crippen LogP contribution < -0.4 is 10.2 Å². The fraction of sp³-hybridized carbons (Fsp3) is 0.302. The molecule has 1 unspecified atom stereocenters. The highest BCUT2D eigenvalue weighted by molar-refractivity contribution is 6.72. The first kappa shape index (κ1) is 38.8. The number of aliphatic hydroxyl groups excluding tert-OH is 1. The molecule has 1 spiro atoms. The second-order valence-electron chi connectivity index (χ2n) is 15.7. The van der Waals surface area contributed by atoms with E-state index in [0.717, 1.165) is 22.0 Å². The average molecular weight is 802 g/mol. The Bertz CT molecular complexity index is 2500. The highest BCUT2D eigenvalue weighted by Crippen LogP contribution is 2.60. The van der Waals surface area contributed by atoms with Crippen LogP contribution in [-0.2, 0) is 39.4 Å². The molecule has 13 nitrogen and oxygen atoms in total. The minimum Gasteiger partial charge on any atom is -0.395 e. The Morgan fingerprint density at radius 3 is 2.62 bits per heavy atom. The minimum absolute atomic E-state index is 0.0780. The third-order valence-electron chi connectivity index (χ3n) is 11.7. The maximum absolute atomic E-state index is 16.5. The van der Waals surface area contributed by atoms with Gasteiger partial charge in [-0.2, -0.15) is 0 Å². The van der Waals surface area contributed by atoms with Crippen LogP contribution in [0.4, 0.5) is 21.2 Å². The normalized spacial score (nSPS) is 20.8. The number of hydrogen-bond acceptors (Lipinski definition) is 8. The van der Waals surface area contributed by atoms with Crippen molar-refractivity contribution < 1.29 is 28.5 Å². The smallest absolute Gasteiger partial charge is 0.269 e. The number of rotatable bonds is 13. The first-order valence-electron chi connectivity index (χ1n) is 19.3. The predicted molar refractivity (Wildman–Crippen MR) is 219 cm³/mol. The number of hydrogen-bond donors (Lipinski definition) is 3. The van der Waals surface area contributed by atoms with Crippen molar-refractivity contribution in [2.45, 2.75) is 69.1 Å². The Kier molecular flexibility index (Phi) is 10.3. The van der Waals surface area contributed by atoms with Gasteiger partial charge in [0.1, 0.15) is 0 Å². The number of anilines is 2. The summed E-state index contributed by atoms with van der Waals surface area (Å²) in [6, 6.07) is 28.8. The van der Waals surface area contributed by atoms with Crippen molar-refractivity contribution in [2.24, 2.45) is 5.92 Å². The van der Waals surface area contributed by atoms with Crippen LogP contribution in [0.1, 0.15) is 47.2 Å². The van der Waals surface area contributed by atoms with E-state index in [2.05, 4.69) is 20.6 Å². The molecule has 5 atom stereocenters. The Hall–Kier alpha value is -6.03. The Morgan fingerprint density at radius 2 is 1.86 bits per heavy atom. The molecule has 2 aliphatic rings. The van der Waals surface area contributed by atoms with E-state index in [1.54, 1.807) is 53.1 Å². The minimum atomic E-state index is -3.54. The Morgan fingerprint density at radius 1 is 1.09 bits per heavy atom. The second-order valence-corrected chi connectivity index (χ2v) is 19.5. The van der Waals surface area contributed by atoms with Crippen LogP contribution in [0.5, 0.6) is 0 Å². The number of fused-ring (bicyclic) bond motifs is 3. The lowest BCUT2D eigenvalue weighted by molar-refractivity contribution is -0.385. The Balaban J connectivity index is 1.05. The van der Waals surface area contributed by atoms with Crippen LogP contribution in [0.15, 0.2) is 109 Å². The van der Waals surface area contributed by atoms with Crippen molar-refractivity contribution in [3.05, 3.63) is 148 Å². The van der Waals surface area contributed by atoms with Gasteiger partial charge in [0.05, 0.1) is 47.9 Å². The van der Waals surface area contributed by atoms with Crippen LogP contribution >= 0.6 is 0 Å². The molecule has 1 saturated heterocycles. The molecule has 8 rings (SSSR count). The molecule has 15 heteroatoms. The van der Waals surface area contributed by atoms with E-state index in [1.807, 2.05) is 73.8 Å². The highest BCUT2D eigenvalue weighted by atomic mass is 28.4. The second kappa shape index (κ2) is 15.4. The van der Waals surface area contributed by atoms with Crippen molar-refractivity contribution in [3.8, 4) is 0 Å². The topological polar surface area (TPSA) is 169 Å². The lowest BCUT2D eigenvalue weighted by Gasteiger charge is -2.31. The number of aliphatic hydroxyl groups is 1. The summed E-state index contributed by atoms with van der Waals surface area (Å²) in [6.07, 6.45) is 3.33. The van der Waals surface area contributed by atoms with Gasteiger partial charge in [-0.3, -0.25) is 24.4 Å². The van der Waals surface area contributed by atoms with Crippen molar-refractivity contribution in [2.75, 3.05) is 16.8 Å². The number of aryl methyl sites for hydroxylation is 1. The van der Waals surface area contributed by atoms with Gasteiger partial charge in [-0.1, -0.05) is 72.8 Å². The van der Waals surface area contributed by atoms with E-state index in [1.165, 1.54) is 12.1 Å². The number of amides is 2. The van der Waals surface area contributed by atoms with Gasteiger partial charge in [0, 0.05) is 64.7 Å². The number of nitrogens with zero attached hydrogens (tertiary/aromatic N) is 5. The van der Waals surface area contributed by atoms with E-state index in [4.69, 9.17) is 4.74 Å². The van der Waals surface area contributed by atoms with Gasteiger partial charge in [0.15, 0.2) is 5.60 Å². The molecule has 0 radical (unpaired) electrons. The molecule has 58 heavy (non-hydrogen) atoms. The maximum atomic E-state index is 16.5. The summed E-state index contributed by atoms with van der Waals surface area (Å²) in [5.41, 5.74) is 2.82. The van der Waals surface area contributed by atoms with E-state index in [0.29, 0.717) is 41.2 Å². The van der Waals surface area contributed by atoms with Crippen LogP contribution in [0.3, 0.4) is 0 Å². The summed E-state index contributed by atoms with van der Waals surface area (Å²) in [5, 5.41) is 34.8. The molecular formula is C43H44FN7O6Si. The van der Waals surface area contributed by atoms with Crippen LogP contribution in [0.25, 0.3) is 10.9 Å². The molecular weight excluding hydrogens is 758 g/mol. The van der Waals surface area contributed by atoms with Crippen molar-refractivity contribution >= 4 is 48.2 Å². The van der Waals surface area contributed by atoms with Gasteiger partial charge in [-0.05, 0) is 60.5 Å². The zero-order chi connectivity index (χ0) is 40.8. The number of H-pyrrole nitrogens is 1. The van der Waals surface area contributed by atoms with E-state index in [9.17, 15) is 24.8 Å². The summed E-state index contributed by atoms with van der Waals surface area (Å²) < 4.78 is 25.0. The maximum Gasteiger partial charge on any atom is 0.269 e. The number of nitro benzene ring substituents is 1. The van der Waals surface area contributed by atoms with Gasteiger partial charge < -0.3 is 29.2 Å². The monoisotopic (exact) mass is 801 g/mol. The summed E-state index contributed by atoms with van der Waals surface area (Å²) in [6.45, 7) is 5.24. The lowest BCUT2D eigenvalue weighted by Crippen LogP contribution is -2.45. The zero-order valence-corrected chi connectivity index (χ0v) is 33.3. The quantitative estimate of drug-likeness (QED) is 0.0471. The van der Waals surface area contributed by atoms with Gasteiger partial charge in [0.25, 0.3) is 11.6 Å². The zero-order valence-electron chi connectivity index (χ0n) is 32.3. The SMILES string of the molecule is C[C@H]1[C@H]([Si](C)(C)F)[C@@H](CCn2cc(C(CO)c3ccccc3)nn2)O[C@]12C(=O)N(Cc1cccc(NC(=O)Cc3c[nH]c4ccccc34)c1)c1ccc([N+](=O)[O-])cc12. The van der Waals surface area contributed by atoms with E-state index < -0.39 is 42.4 Å². The van der Waals surface area contributed by atoms with E-state index in [-0.39, 0.29) is 37.1 Å². The first-order valence-corrected chi connectivity index (χ1v) is 22.3. The number of carbonyl (C=O) groups is 2. The van der Waals surface area contributed by atoms with Gasteiger partial charge in [-0.25, -0.2) is 0 Å². The van der Waals surface area contributed by atoms with Gasteiger partial charge >= 0.3 is 0 Å². The number of carbonyl (C=O) groups excluding carboxylic acids is 2.